The average Bonchev–Trinajstić information content (AvgIpc) is 2.54. The number of nitrogens with two attached hydrogens (primary N) is 1. The highest BCUT2D eigenvalue weighted by molar-refractivity contribution is 7.89. The molecule has 0 spiro atoms. The van der Waals surface area contributed by atoms with Gasteiger partial charge in [-0.25, -0.2) is 17.5 Å². The van der Waals surface area contributed by atoms with Crippen LogP contribution in [0.1, 0.15) is 28.9 Å². The van der Waals surface area contributed by atoms with E-state index in [0.29, 0.717) is 11.3 Å². The van der Waals surface area contributed by atoms with Crippen LogP contribution in [0.25, 0.3) is 0 Å². The number of primary amides is 1. The smallest absolute Gasteiger partial charge is 0.248 e. The second-order valence-electron chi connectivity index (χ2n) is 5.12. The molecule has 0 radical (unpaired) electrons. The number of carbonyl (C=O) groups excluding carboxylic acids is 1. The summed E-state index contributed by atoms with van der Waals surface area (Å²) >= 11 is 0. The number of methoxy groups -OCH3 is 1. The first-order valence-corrected chi connectivity index (χ1v) is 8.48. The van der Waals surface area contributed by atoms with Gasteiger partial charge in [0.2, 0.25) is 15.9 Å². The highest BCUT2D eigenvalue weighted by atomic mass is 32.2. The van der Waals surface area contributed by atoms with Crippen molar-refractivity contribution in [2.45, 2.75) is 17.9 Å². The number of ether oxygens (including phenoxy) is 1. The van der Waals surface area contributed by atoms with Crippen molar-refractivity contribution < 1.29 is 22.3 Å². The summed E-state index contributed by atoms with van der Waals surface area (Å²) in [6, 6.07) is 8.34. The first-order valence-electron chi connectivity index (χ1n) is 7.00. The van der Waals surface area contributed by atoms with Crippen molar-refractivity contribution in [2.24, 2.45) is 5.73 Å². The quantitative estimate of drug-likeness (QED) is 0.830. The molecule has 128 valence electrons. The lowest BCUT2D eigenvalue weighted by Gasteiger charge is -2.17. The van der Waals surface area contributed by atoms with Crippen molar-refractivity contribution in [2.75, 3.05) is 7.11 Å². The topological polar surface area (TPSA) is 98.5 Å². The minimum atomic E-state index is -3.87. The largest absolute Gasteiger partial charge is 0.496 e. The maximum absolute atomic E-state index is 13.4. The molecule has 0 bridgehead atoms. The summed E-state index contributed by atoms with van der Waals surface area (Å²) in [5, 5.41) is 0. The molecule has 2 aromatic carbocycles. The number of benzene rings is 2. The maximum atomic E-state index is 13.4. The fourth-order valence-corrected chi connectivity index (χ4v) is 3.43. The van der Waals surface area contributed by atoms with E-state index in [9.17, 15) is 17.6 Å². The zero-order valence-electron chi connectivity index (χ0n) is 13.1. The Kier molecular flexibility index (Phi) is 5.20. The van der Waals surface area contributed by atoms with Crippen LogP contribution in [-0.2, 0) is 10.0 Å². The number of hydrogen-bond acceptors (Lipinski definition) is 4. The molecule has 1 unspecified atom stereocenters. The predicted octanol–water partition coefficient (Wildman–Crippen LogP) is 1.97. The third-order valence-corrected chi connectivity index (χ3v) is 5.00. The van der Waals surface area contributed by atoms with Crippen LogP contribution in [0, 0.1) is 5.82 Å². The van der Waals surface area contributed by atoms with Crippen molar-refractivity contribution in [1.29, 1.82) is 0 Å². The Morgan fingerprint density at radius 1 is 1.21 bits per heavy atom. The Bertz CT molecular complexity index is 851. The fraction of sp³-hybridized carbons (Fsp3) is 0.188. The van der Waals surface area contributed by atoms with Gasteiger partial charge in [-0.05, 0) is 49.4 Å². The molecule has 0 saturated carbocycles. The molecule has 0 aliphatic rings. The number of amides is 1. The highest BCUT2D eigenvalue weighted by Crippen LogP contribution is 2.27. The van der Waals surface area contributed by atoms with Gasteiger partial charge in [0.15, 0.2) is 0 Å². The lowest BCUT2D eigenvalue weighted by atomic mass is 10.1. The lowest BCUT2D eigenvalue weighted by molar-refractivity contribution is 0.1000. The van der Waals surface area contributed by atoms with Crippen molar-refractivity contribution in [3.63, 3.8) is 0 Å². The first kappa shape index (κ1) is 17.9. The van der Waals surface area contributed by atoms with E-state index < -0.39 is 27.8 Å². The number of rotatable bonds is 6. The third-order valence-electron chi connectivity index (χ3n) is 3.44. The van der Waals surface area contributed by atoms with Crippen LogP contribution >= 0.6 is 0 Å². The van der Waals surface area contributed by atoms with Crippen LogP contribution in [0.2, 0.25) is 0 Å². The molecular formula is C16H17FN2O4S. The van der Waals surface area contributed by atoms with Gasteiger partial charge in [0.1, 0.15) is 11.6 Å². The van der Waals surface area contributed by atoms with Gasteiger partial charge in [0.25, 0.3) is 0 Å². The Morgan fingerprint density at radius 2 is 1.83 bits per heavy atom. The zero-order chi connectivity index (χ0) is 17.9. The second kappa shape index (κ2) is 6.98. The molecule has 2 aromatic rings. The molecule has 0 fully saturated rings. The van der Waals surface area contributed by atoms with Gasteiger partial charge < -0.3 is 10.5 Å². The fourth-order valence-electron chi connectivity index (χ4n) is 2.21. The van der Waals surface area contributed by atoms with Crippen LogP contribution in [0.15, 0.2) is 47.4 Å². The number of nitrogens with one attached hydrogen (secondary N) is 1. The van der Waals surface area contributed by atoms with Crippen molar-refractivity contribution in [3.05, 3.63) is 59.4 Å². The van der Waals surface area contributed by atoms with Gasteiger partial charge in [-0.2, -0.15) is 0 Å². The van der Waals surface area contributed by atoms with E-state index in [1.54, 1.807) is 6.92 Å². The average molecular weight is 352 g/mol. The Morgan fingerprint density at radius 3 is 2.38 bits per heavy atom. The SMILES string of the molecule is COc1ccc(F)cc1C(C)NS(=O)(=O)c1ccc(C(N)=O)cc1. The molecule has 1 amide bonds. The van der Waals surface area contributed by atoms with Crippen molar-refractivity contribution in [3.8, 4) is 5.75 Å². The summed E-state index contributed by atoms with van der Waals surface area (Å²) in [4.78, 5) is 11.0. The molecule has 0 saturated heterocycles. The molecule has 0 heterocycles. The van der Waals surface area contributed by atoms with Crippen LogP contribution < -0.4 is 15.2 Å². The van der Waals surface area contributed by atoms with E-state index in [1.807, 2.05) is 0 Å². The van der Waals surface area contributed by atoms with Gasteiger partial charge in [0.05, 0.1) is 12.0 Å². The molecule has 24 heavy (non-hydrogen) atoms. The molecule has 3 N–H and O–H groups in total. The number of hydrogen-bond donors (Lipinski definition) is 2. The zero-order valence-corrected chi connectivity index (χ0v) is 13.9. The van der Waals surface area contributed by atoms with Gasteiger partial charge in [-0.15, -0.1) is 0 Å². The van der Waals surface area contributed by atoms with Crippen LogP contribution in [0.3, 0.4) is 0 Å². The van der Waals surface area contributed by atoms with Crippen molar-refractivity contribution >= 4 is 15.9 Å². The number of sulfonamides is 1. The van der Waals surface area contributed by atoms with E-state index in [2.05, 4.69) is 4.72 Å². The Labute approximate surface area is 139 Å². The maximum Gasteiger partial charge on any atom is 0.248 e. The standard InChI is InChI=1S/C16H17FN2O4S/c1-10(14-9-12(17)5-8-15(14)23-2)19-24(21,22)13-6-3-11(4-7-13)16(18)20/h3-10,19H,1-2H3,(H2,18,20). The molecule has 8 heteroatoms. The van der Waals surface area contributed by atoms with Gasteiger partial charge in [0, 0.05) is 17.2 Å². The minimum absolute atomic E-state index is 0.0327. The summed E-state index contributed by atoms with van der Waals surface area (Å²) in [6.45, 7) is 1.58. The lowest BCUT2D eigenvalue weighted by Crippen LogP contribution is -2.27. The summed E-state index contributed by atoms with van der Waals surface area (Å²) in [5.74, 6) is -0.775. The van der Waals surface area contributed by atoms with E-state index in [1.165, 1.54) is 49.6 Å². The van der Waals surface area contributed by atoms with Gasteiger partial charge in [-0.3, -0.25) is 4.79 Å². The van der Waals surface area contributed by atoms with Gasteiger partial charge in [-0.1, -0.05) is 0 Å². The number of halogens is 1. The molecule has 1 atom stereocenters. The molecule has 6 nitrogen and oxygen atoms in total. The van der Waals surface area contributed by atoms with Gasteiger partial charge >= 0.3 is 0 Å². The molecule has 0 aliphatic carbocycles. The molecule has 0 aromatic heterocycles. The normalized spacial score (nSPS) is 12.6. The van der Waals surface area contributed by atoms with E-state index in [0.717, 1.165) is 0 Å². The van der Waals surface area contributed by atoms with E-state index in [4.69, 9.17) is 10.5 Å². The summed E-state index contributed by atoms with van der Waals surface area (Å²) in [7, 11) is -2.45. The van der Waals surface area contributed by atoms with E-state index in [-0.39, 0.29) is 10.5 Å². The Balaban J connectivity index is 2.28. The summed E-state index contributed by atoms with van der Waals surface area (Å²) < 4.78 is 45.9. The van der Waals surface area contributed by atoms with Crippen LogP contribution in [0.5, 0.6) is 5.75 Å². The number of carbonyl (C=O) groups is 1. The highest BCUT2D eigenvalue weighted by Gasteiger charge is 2.21. The second-order valence-corrected chi connectivity index (χ2v) is 6.83. The summed E-state index contributed by atoms with van der Waals surface area (Å²) in [6.07, 6.45) is 0. The molecular weight excluding hydrogens is 335 g/mol. The van der Waals surface area contributed by atoms with E-state index >= 15 is 0 Å². The first-order chi connectivity index (χ1) is 11.2. The van der Waals surface area contributed by atoms with Crippen molar-refractivity contribution in [1.82, 2.24) is 4.72 Å². The molecule has 2 rings (SSSR count). The Hall–Kier alpha value is -2.45. The summed E-state index contributed by atoms with van der Waals surface area (Å²) in [5.41, 5.74) is 5.70. The third kappa shape index (κ3) is 3.90. The minimum Gasteiger partial charge on any atom is -0.496 e. The van der Waals surface area contributed by atoms with Crippen LogP contribution in [-0.4, -0.2) is 21.4 Å². The molecule has 0 aliphatic heterocycles. The predicted molar refractivity (Wildman–Crippen MR) is 86.6 cm³/mol. The monoisotopic (exact) mass is 352 g/mol. The van der Waals surface area contributed by atoms with Crippen LogP contribution in [0.4, 0.5) is 4.39 Å².